The standard InChI is InChI=1S/C41H55ClN8O3/c1-5-38(51)46-32-9-6-8-29(22-32)25-44-40-35(42)26-45-41(48-40)47-36-11-10-33(23-37(36)53-4)50-16-14-49(15-17-50)13-7-12-43-39(52)24-34-28(3)20-30-18-27(2)19-31(34)21-30/h5-6,8-11,22-23,26-28,30-31,34H,1,7,12-21,24-25H2,2-4H3,(H,43,52)(H,46,51)(H2,44,45,47,48)/t27-,28+,30+,31-,34?/m1/s1. The number of hydrogen-bond donors (Lipinski definition) is 4. The lowest BCUT2D eigenvalue weighted by Crippen LogP contribution is -2.47. The summed E-state index contributed by atoms with van der Waals surface area (Å²) in [7, 11) is 1.66. The van der Waals surface area contributed by atoms with E-state index >= 15 is 0 Å². The van der Waals surface area contributed by atoms with Crippen LogP contribution in [-0.4, -0.2) is 73.1 Å². The molecule has 284 valence electrons. The first-order chi connectivity index (χ1) is 25.7. The van der Waals surface area contributed by atoms with Gasteiger partial charge in [0, 0.05) is 63.1 Å². The molecule has 3 fully saturated rings. The van der Waals surface area contributed by atoms with E-state index < -0.39 is 0 Å². The molecule has 53 heavy (non-hydrogen) atoms. The molecule has 3 aliphatic rings. The lowest BCUT2D eigenvalue weighted by atomic mass is 9.59. The van der Waals surface area contributed by atoms with Gasteiger partial charge in [-0.2, -0.15) is 4.98 Å². The number of benzene rings is 2. The number of piperazine rings is 1. The highest BCUT2D eigenvalue weighted by atomic mass is 35.5. The number of anilines is 5. The monoisotopic (exact) mass is 742 g/mol. The first-order valence-corrected chi connectivity index (χ1v) is 19.5. The second kappa shape index (κ2) is 18.1. The Balaban J connectivity index is 0.943. The Morgan fingerprint density at radius 2 is 1.89 bits per heavy atom. The number of ether oxygens (including phenoxy) is 1. The number of carbonyl (C=O) groups excluding carboxylic acids is 2. The van der Waals surface area contributed by atoms with Gasteiger partial charge in [-0.05, 0) is 104 Å². The topological polar surface area (TPSA) is 124 Å². The van der Waals surface area contributed by atoms with Crippen LogP contribution >= 0.6 is 11.6 Å². The fourth-order valence-electron chi connectivity index (χ4n) is 8.71. The summed E-state index contributed by atoms with van der Waals surface area (Å²) in [4.78, 5) is 38.4. The van der Waals surface area contributed by atoms with Crippen LogP contribution < -0.4 is 30.9 Å². The molecule has 2 bridgehead atoms. The summed E-state index contributed by atoms with van der Waals surface area (Å²) in [6.07, 6.45) is 9.77. The summed E-state index contributed by atoms with van der Waals surface area (Å²) in [5.74, 6) is 5.16. The fraction of sp³-hybridized carbons (Fsp3) is 0.512. The Morgan fingerprint density at radius 3 is 2.68 bits per heavy atom. The van der Waals surface area contributed by atoms with Crippen LogP contribution in [0.1, 0.15) is 57.9 Å². The molecule has 0 spiro atoms. The molecular weight excluding hydrogens is 688 g/mol. The van der Waals surface area contributed by atoms with E-state index in [2.05, 4.69) is 67.5 Å². The van der Waals surface area contributed by atoms with Crippen molar-refractivity contribution in [3.8, 4) is 5.75 Å². The van der Waals surface area contributed by atoms with Crippen molar-refractivity contribution in [2.75, 3.05) is 67.2 Å². The molecule has 1 unspecified atom stereocenters. The number of fused-ring (bicyclic) bond motifs is 2. The van der Waals surface area contributed by atoms with Gasteiger partial charge in [0.15, 0.2) is 5.82 Å². The number of amides is 2. The quantitative estimate of drug-likeness (QED) is 0.0936. The largest absolute Gasteiger partial charge is 0.494 e. The van der Waals surface area contributed by atoms with Crippen molar-refractivity contribution < 1.29 is 14.3 Å². The Bertz CT molecular complexity index is 1730. The number of halogens is 1. The highest BCUT2D eigenvalue weighted by molar-refractivity contribution is 6.32. The van der Waals surface area contributed by atoms with E-state index in [4.69, 9.17) is 16.3 Å². The second-order valence-electron chi connectivity index (χ2n) is 15.2. The van der Waals surface area contributed by atoms with Crippen molar-refractivity contribution in [2.45, 2.75) is 58.9 Å². The molecule has 5 atom stereocenters. The maximum absolute atomic E-state index is 12.9. The number of aromatic nitrogens is 2. The molecule has 4 N–H and O–H groups in total. The number of rotatable bonds is 15. The Hall–Kier alpha value is -4.35. The molecule has 2 aliphatic carbocycles. The van der Waals surface area contributed by atoms with Gasteiger partial charge in [0.25, 0.3) is 0 Å². The molecule has 2 heterocycles. The zero-order chi connectivity index (χ0) is 37.3. The zero-order valence-corrected chi connectivity index (χ0v) is 32.1. The molecular formula is C41H55ClN8O3. The van der Waals surface area contributed by atoms with Crippen LogP contribution in [0.25, 0.3) is 0 Å². The Morgan fingerprint density at radius 1 is 1.06 bits per heavy atom. The van der Waals surface area contributed by atoms with Crippen LogP contribution in [0.2, 0.25) is 5.02 Å². The van der Waals surface area contributed by atoms with E-state index in [0.717, 1.165) is 80.4 Å². The summed E-state index contributed by atoms with van der Waals surface area (Å²) in [5.41, 5.74) is 3.45. The minimum Gasteiger partial charge on any atom is -0.494 e. The van der Waals surface area contributed by atoms with Gasteiger partial charge in [-0.15, -0.1) is 0 Å². The van der Waals surface area contributed by atoms with Crippen LogP contribution in [0.15, 0.2) is 61.3 Å². The van der Waals surface area contributed by atoms with Gasteiger partial charge in [-0.3, -0.25) is 14.5 Å². The predicted octanol–water partition coefficient (Wildman–Crippen LogP) is 7.35. The maximum atomic E-state index is 12.9. The lowest BCUT2D eigenvalue weighted by molar-refractivity contribution is -0.124. The Kier molecular flexibility index (Phi) is 13.1. The SMILES string of the molecule is C=CC(=O)Nc1cccc(CNc2nc(Nc3ccc(N4CCN(CCCNC(=O)CC5[C@@H]6C[C@H](C)C[C@H](C6)C[C@@H]5C)CC4)cc3OC)ncc2Cl)c1. The summed E-state index contributed by atoms with van der Waals surface area (Å²) in [6, 6.07) is 13.6. The molecule has 11 nitrogen and oxygen atoms in total. The van der Waals surface area contributed by atoms with Gasteiger partial charge in [0.2, 0.25) is 17.8 Å². The van der Waals surface area contributed by atoms with Crippen molar-refractivity contribution in [3.05, 3.63) is 71.9 Å². The van der Waals surface area contributed by atoms with Crippen molar-refractivity contribution in [3.63, 3.8) is 0 Å². The van der Waals surface area contributed by atoms with Crippen LogP contribution in [0.3, 0.4) is 0 Å². The van der Waals surface area contributed by atoms with Gasteiger partial charge >= 0.3 is 0 Å². The second-order valence-corrected chi connectivity index (χ2v) is 15.6. The van der Waals surface area contributed by atoms with Crippen molar-refractivity contribution >= 4 is 52.2 Å². The molecule has 0 radical (unpaired) electrons. The van der Waals surface area contributed by atoms with Gasteiger partial charge in [-0.25, -0.2) is 4.98 Å². The lowest BCUT2D eigenvalue weighted by Gasteiger charge is -2.46. The molecule has 1 aromatic heterocycles. The van der Waals surface area contributed by atoms with Gasteiger partial charge in [0.1, 0.15) is 10.8 Å². The number of hydrogen-bond acceptors (Lipinski definition) is 9. The van der Waals surface area contributed by atoms with Gasteiger partial charge in [0.05, 0.1) is 19.0 Å². The third-order valence-corrected chi connectivity index (χ3v) is 11.5. The summed E-state index contributed by atoms with van der Waals surface area (Å²) >= 11 is 6.43. The smallest absolute Gasteiger partial charge is 0.247 e. The Labute approximate surface area is 319 Å². The first kappa shape index (κ1) is 38.4. The van der Waals surface area contributed by atoms with Crippen molar-refractivity contribution in [1.82, 2.24) is 20.2 Å². The third-order valence-electron chi connectivity index (χ3n) is 11.3. The number of methoxy groups -OCH3 is 1. The van der Waals surface area contributed by atoms with Crippen LogP contribution in [0.4, 0.5) is 28.8 Å². The van der Waals surface area contributed by atoms with Crippen molar-refractivity contribution in [1.29, 1.82) is 0 Å². The molecule has 2 aromatic carbocycles. The van der Waals surface area contributed by atoms with E-state index in [0.29, 0.717) is 53.0 Å². The summed E-state index contributed by atoms with van der Waals surface area (Å²) < 4.78 is 5.77. The number of carbonyl (C=O) groups is 2. The van der Waals surface area contributed by atoms with Crippen LogP contribution in [0, 0.1) is 29.6 Å². The summed E-state index contributed by atoms with van der Waals surface area (Å²) in [6.45, 7) is 14.2. The number of nitrogens with one attached hydrogen (secondary N) is 4. The molecule has 1 aliphatic heterocycles. The molecule has 12 heteroatoms. The van der Waals surface area contributed by atoms with Gasteiger partial charge in [-0.1, -0.05) is 44.2 Å². The fourth-order valence-corrected chi connectivity index (χ4v) is 8.87. The molecule has 1 saturated heterocycles. The average Bonchev–Trinajstić information content (AvgIpc) is 3.15. The molecule has 2 saturated carbocycles. The predicted molar refractivity (Wildman–Crippen MR) is 214 cm³/mol. The minimum absolute atomic E-state index is 0.241. The van der Waals surface area contributed by atoms with E-state index in [9.17, 15) is 9.59 Å². The maximum Gasteiger partial charge on any atom is 0.247 e. The van der Waals surface area contributed by atoms with E-state index in [-0.39, 0.29) is 11.8 Å². The van der Waals surface area contributed by atoms with Crippen LogP contribution in [-0.2, 0) is 16.1 Å². The van der Waals surface area contributed by atoms with Gasteiger partial charge < -0.3 is 30.9 Å². The molecule has 6 rings (SSSR count). The molecule has 2 amide bonds. The van der Waals surface area contributed by atoms with E-state index in [1.165, 1.54) is 31.8 Å². The third kappa shape index (κ3) is 10.4. The minimum atomic E-state index is -0.268. The first-order valence-electron chi connectivity index (χ1n) is 19.1. The zero-order valence-electron chi connectivity index (χ0n) is 31.4. The van der Waals surface area contributed by atoms with Crippen molar-refractivity contribution in [2.24, 2.45) is 29.6 Å². The number of nitrogens with zero attached hydrogens (tertiary/aromatic N) is 4. The van der Waals surface area contributed by atoms with Crippen LogP contribution in [0.5, 0.6) is 5.75 Å². The highest BCUT2D eigenvalue weighted by Gasteiger charge is 2.40. The highest BCUT2D eigenvalue weighted by Crippen LogP contribution is 2.49. The normalized spacial score (nSPS) is 22.8. The van der Waals surface area contributed by atoms with E-state index in [1.54, 1.807) is 13.3 Å². The molecule has 3 aromatic rings. The average molecular weight is 743 g/mol. The summed E-state index contributed by atoms with van der Waals surface area (Å²) in [5, 5.41) is 12.9. The van der Waals surface area contributed by atoms with E-state index in [1.807, 2.05) is 36.4 Å².